The average Bonchev–Trinajstić information content (AvgIpc) is 3.18. The molecule has 0 spiro atoms. The number of nitrogens with zero attached hydrogens (tertiary/aromatic N) is 2. The van der Waals surface area contributed by atoms with Crippen molar-refractivity contribution in [1.82, 2.24) is 5.32 Å². The van der Waals surface area contributed by atoms with Gasteiger partial charge in [-0.2, -0.15) is 0 Å². The highest BCUT2D eigenvalue weighted by Gasteiger charge is 2.40. The zero-order valence-corrected chi connectivity index (χ0v) is 19.8. The van der Waals surface area contributed by atoms with Gasteiger partial charge >= 0.3 is 0 Å². The molecule has 0 aromatic heterocycles. The van der Waals surface area contributed by atoms with Crippen LogP contribution in [0.3, 0.4) is 0 Å². The first-order valence-electron chi connectivity index (χ1n) is 10.8. The van der Waals surface area contributed by atoms with E-state index in [9.17, 15) is 9.90 Å². The molecule has 2 rings (SSSR count). The van der Waals surface area contributed by atoms with Crippen molar-refractivity contribution in [3.05, 3.63) is 36.3 Å². The maximum Gasteiger partial charge on any atom is 0.249 e. The molecule has 0 radical (unpaired) electrons. The molecule has 0 bridgehead atoms. The Balaban J connectivity index is 2.10. The van der Waals surface area contributed by atoms with Crippen LogP contribution in [0.1, 0.15) is 40.0 Å². The van der Waals surface area contributed by atoms with E-state index in [2.05, 4.69) is 22.0 Å². The zero-order chi connectivity index (χ0) is 23.6. The van der Waals surface area contributed by atoms with Gasteiger partial charge in [0.25, 0.3) is 0 Å². The second-order valence-corrected chi connectivity index (χ2v) is 8.63. The van der Waals surface area contributed by atoms with Gasteiger partial charge in [0.2, 0.25) is 12.2 Å². The van der Waals surface area contributed by atoms with Gasteiger partial charge in [0.15, 0.2) is 0 Å². The molecule has 1 unspecified atom stereocenters. The van der Waals surface area contributed by atoms with Gasteiger partial charge < -0.3 is 30.5 Å². The van der Waals surface area contributed by atoms with E-state index in [4.69, 9.17) is 20.0 Å². The summed E-state index contributed by atoms with van der Waals surface area (Å²) in [5.74, 6) is 1.17. The molecule has 0 aliphatic carbocycles. The smallest absolute Gasteiger partial charge is 0.249 e. The van der Waals surface area contributed by atoms with E-state index in [1.54, 1.807) is 26.0 Å². The summed E-state index contributed by atoms with van der Waals surface area (Å²) in [5.41, 5.74) is 5.12. The van der Waals surface area contributed by atoms with Gasteiger partial charge in [-0.15, -0.1) is 11.8 Å². The lowest BCUT2D eigenvalue weighted by Crippen LogP contribution is -2.49. The van der Waals surface area contributed by atoms with Crippen molar-refractivity contribution in [2.24, 2.45) is 15.9 Å². The maximum atomic E-state index is 13.2. The quantitative estimate of drug-likeness (QED) is 0.164. The number of hydrogen-bond acceptors (Lipinski definition) is 9. The molecule has 9 nitrogen and oxygen atoms in total. The van der Waals surface area contributed by atoms with Crippen LogP contribution < -0.4 is 11.1 Å². The van der Waals surface area contributed by atoms with Gasteiger partial charge in [0.05, 0.1) is 6.04 Å². The third-order valence-corrected chi connectivity index (χ3v) is 6.09. The van der Waals surface area contributed by atoms with E-state index in [0.29, 0.717) is 54.2 Å². The number of carbonyl (C=O) groups excluding carboxylic acids is 1. The summed E-state index contributed by atoms with van der Waals surface area (Å²) in [7, 11) is 0. The summed E-state index contributed by atoms with van der Waals surface area (Å²) in [6.07, 6.45) is 5.77. The van der Waals surface area contributed by atoms with Crippen LogP contribution in [0.4, 0.5) is 0 Å². The lowest BCUT2D eigenvalue weighted by molar-refractivity contribution is -0.126. The zero-order valence-electron chi connectivity index (χ0n) is 19.0. The van der Waals surface area contributed by atoms with Crippen molar-refractivity contribution in [2.45, 2.75) is 57.9 Å². The van der Waals surface area contributed by atoms with Crippen LogP contribution in [0.15, 0.2) is 46.5 Å². The summed E-state index contributed by atoms with van der Waals surface area (Å²) in [4.78, 5) is 23.0. The molecule has 0 aromatic rings. The van der Waals surface area contributed by atoms with E-state index in [1.165, 1.54) is 17.8 Å². The fraction of sp³-hybridized carbons (Fsp3) is 0.591. The number of aliphatic hydroxyl groups is 1. The normalized spacial score (nSPS) is 24.0. The molecule has 1 amide bonds. The molecule has 4 N–H and O–H groups in total. The fourth-order valence-corrected chi connectivity index (χ4v) is 4.11. The Kier molecular flexibility index (Phi) is 10.3. The van der Waals surface area contributed by atoms with E-state index < -0.39 is 17.9 Å². The Morgan fingerprint density at radius 2 is 2.41 bits per heavy atom. The molecule has 10 heteroatoms. The minimum Gasteiger partial charge on any atom is -0.490 e. The van der Waals surface area contributed by atoms with Crippen molar-refractivity contribution >= 4 is 28.4 Å². The van der Waals surface area contributed by atoms with Crippen molar-refractivity contribution in [2.75, 3.05) is 25.5 Å². The highest BCUT2D eigenvalue weighted by atomic mass is 32.2. The van der Waals surface area contributed by atoms with Crippen LogP contribution in [0.2, 0.25) is 0 Å². The minimum atomic E-state index is -1.15. The molecular weight excluding hydrogens is 432 g/mol. The summed E-state index contributed by atoms with van der Waals surface area (Å²) >= 11 is 1.46. The first kappa shape index (κ1) is 26.0. The van der Waals surface area contributed by atoms with Crippen LogP contribution in [-0.4, -0.2) is 65.2 Å². The molecule has 32 heavy (non-hydrogen) atoms. The number of aliphatic hydroxyl groups excluding tert-OH is 1. The molecule has 2 aliphatic heterocycles. The van der Waals surface area contributed by atoms with Crippen LogP contribution in [0, 0.1) is 0 Å². The second kappa shape index (κ2) is 12.7. The molecule has 0 saturated carbocycles. The predicted octanol–water partition coefficient (Wildman–Crippen LogP) is 2.24. The van der Waals surface area contributed by atoms with Crippen molar-refractivity contribution in [3.63, 3.8) is 0 Å². The van der Waals surface area contributed by atoms with Crippen molar-refractivity contribution < 1.29 is 24.2 Å². The highest BCUT2D eigenvalue weighted by Crippen LogP contribution is 2.30. The first-order valence-corrected chi connectivity index (χ1v) is 11.7. The van der Waals surface area contributed by atoms with Gasteiger partial charge in [0, 0.05) is 17.9 Å². The van der Waals surface area contributed by atoms with Crippen LogP contribution in [0.5, 0.6) is 0 Å². The minimum absolute atomic E-state index is 0.225. The largest absolute Gasteiger partial charge is 0.490 e. The first-order chi connectivity index (χ1) is 15.3. The van der Waals surface area contributed by atoms with Gasteiger partial charge in [-0.3, -0.25) is 9.79 Å². The predicted molar refractivity (Wildman–Crippen MR) is 127 cm³/mol. The van der Waals surface area contributed by atoms with Gasteiger partial charge in [-0.05, 0) is 33.2 Å². The Morgan fingerprint density at radius 1 is 1.62 bits per heavy atom. The number of rotatable bonds is 13. The third-order valence-electron chi connectivity index (χ3n) is 4.72. The lowest BCUT2D eigenvalue weighted by atomic mass is 10.0. The summed E-state index contributed by atoms with van der Waals surface area (Å²) in [5, 5.41) is 17.8. The van der Waals surface area contributed by atoms with E-state index in [-0.39, 0.29) is 5.91 Å². The number of carbonyl (C=O) groups is 1. The summed E-state index contributed by atoms with van der Waals surface area (Å²) in [6.45, 7) is 10.5. The average molecular weight is 467 g/mol. The Bertz CT molecular complexity index is 795. The number of aliphatic imine (C=N–C) groups is 1. The van der Waals surface area contributed by atoms with E-state index >= 15 is 0 Å². The van der Waals surface area contributed by atoms with Crippen LogP contribution in [-0.2, 0) is 19.1 Å². The van der Waals surface area contributed by atoms with E-state index in [0.717, 1.165) is 12.8 Å². The third kappa shape index (κ3) is 7.39. The SMILES string of the molecule is C=CCOC1=CC(O)OC([C@@H](CCC)NC(=O)[C@]2(C)CSC(/C(C)=N/OCCCN)=N2)=C1. The number of hydrogen-bond donors (Lipinski definition) is 3. The topological polar surface area (TPSA) is 128 Å². The van der Waals surface area contributed by atoms with Gasteiger partial charge in [-0.25, -0.2) is 0 Å². The van der Waals surface area contributed by atoms with E-state index in [1.807, 2.05) is 6.92 Å². The summed E-state index contributed by atoms with van der Waals surface area (Å²) in [6, 6.07) is -0.423. The molecule has 178 valence electrons. The maximum absolute atomic E-state index is 13.2. The number of amides is 1. The van der Waals surface area contributed by atoms with Gasteiger partial charge in [0.1, 0.15) is 41.0 Å². The lowest BCUT2D eigenvalue weighted by Gasteiger charge is -2.29. The van der Waals surface area contributed by atoms with Crippen LogP contribution >= 0.6 is 11.8 Å². The van der Waals surface area contributed by atoms with Crippen molar-refractivity contribution in [1.29, 1.82) is 0 Å². The standard InChI is InChI=1S/C22H34N4O5S/c1-5-8-17(18-12-16(29-10-6-2)13-19(27)31-18)24-21(28)22(4)14-32-20(25-22)15(3)26-30-11-7-9-23/h6,12-13,17,19,27H,2,5,7-11,14,23H2,1,3-4H3,(H,24,28)/b26-15+/t17-,19?,22+/m1/s1. The van der Waals surface area contributed by atoms with Crippen LogP contribution in [0.25, 0.3) is 0 Å². The Hall–Kier alpha value is -2.30. The fourth-order valence-electron chi connectivity index (χ4n) is 2.98. The number of oxime groups is 1. The second-order valence-electron chi connectivity index (χ2n) is 7.67. The monoisotopic (exact) mass is 466 g/mol. The van der Waals surface area contributed by atoms with Gasteiger partial charge in [-0.1, -0.05) is 31.2 Å². The molecular formula is C22H34N4O5S. The molecule has 2 aliphatic rings. The Morgan fingerprint density at radius 3 is 3.09 bits per heavy atom. The molecule has 0 saturated heterocycles. The number of thioether (sulfide) groups is 1. The highest BCUT2D eigenvalue weighted by molar-refractivity contribution is 8.16. The number of ether oxygens (including phenoxy) is 2. The molecule has 0 aromatic carbocycles. The van der Waals surface area contributed by atoms with Crippen molar-refractivity contribution in [3.8, 4) is 0 Å². The number of allylic oxidation sites excluding steroid dienone is 1. The summed E-state index contributed by atoms with van der Waals surface area (Å²) < 4.78 is 11.1. The molecule has 2 heterocycles. The number of nitrogens with one attached hydrogen (secondary N) is 1. The number of nitrogens with two attached hydrogens (primary N) is 1. The molecule has 3 atom stereocenters. The molecule has 0 fully saturated rings. The Labute approximate surface area is 193 Å².